The summed E-state index contributed by atoms with van der Waals surface area (Å²) in [6.45, 7) is 4.46. The Morgan fingerprint density at radius 1 is 1.14 bits per heavy atom. The lowest BCUT2D eigenvalue weighted by Gasteiger charge is -2.36. The van der Waals surface area contributed by atoms with E-state index >= 15 is 0 Å². The molecule has 0 radical (unpaired) electrons. The highest BCUT2D eigenvalue weighted by Crippen LogP contribution is 2.30. The lowest BCUT2D eigenvalue weighted by atomic mass is 9.91. The normalized spacial score (nSPS) is 21.1. The van der Waals surface area contributed by atoms with Gasteiger partial charge in [0.2, 0.25) is 0 Å². The molecule has 2 aromatic rings. The van der Waals surface area contributed by atoms with E-state index in [2.05, 4.69) is 27.7 Å². The fraction of sp³-hybridized carbons (Fsp3) is 0.591. The molecular formula is C22H30N4O2. The molecule has 150 valence electrons. The van der Waals surface area contributed by atoms with Gasteiger partial charge in [0.25, 0.3) is 0 Å². The highest BCUT2D eigenvalue weighted by atomic mass is 16.5. The van der Waals surface area contributed by atoms with Crippen LogP contribution in [0, 0.1) is 6.92 Å². The lowest BCUT2D eigenvalue weighted by Crippen LogP contribution is -2.40. The first-order valence-electron chi connectivity index (χ1n) is 10.5. The second-order valence-corrected chi connectivity index (χ2v) is 8.13. The Morgan fingerprint density at radius 3 is 2.71 bits per heavy atom. The molecule has 0 N–H and O–H groups in total. The van der Waals surface area contributed by atoms with Crippen LogP contribution in [0.1, 0.15) is 71.7 Å². The molecule has 6 heteroatoms. The number of methoxy groups -OCH3 is 1. The Kier molecular flexibility index (Phi) is 5.76. The van der Waals surface area contributed by atoms with Crippen molar-refractivity contribution in [2.75, 3.05) is 20.2 Å². The molecule has 1 aliphatic heterocycles. The summed E-state index contributed by atoms with van der Waals surface area (Å²) < 4.78 is 7.08. The number of carbonyl (C=O) groups excluding carboxylic acids is 1. The maximum absolute atomic E-state index is 12.0. The average molecular weight is 383 g/mol. The summed E-state index contributed by atoms with van der Waals surface area (Å²) in [5, 5.41) is 4.83. The second-order valence-electron chi connectivity index (χ2n) is 8.13. The predicted octanol–water partition coefficient (Wildman–Crippen LogP) is 3.54. The first kappa shape index (κ1) is 19.1. The fourth-order valence-electron chi connectivity index (χ4n) is 4.44. The number of carbonyl (C=O) groups is 1. The summed E-state index contributed by atoms with van der Waals surface area (Å²) in [4.78, 5) is 18.9. The molecule has 2 aromatic heterocycles. The van der Waals surface area contributed by atoms with Gasteiger partial charge in [-0.2, -0.15) is 5.10 Å². The third-order valence-corrected chi connectivity index (χ3v) is 6.41. The van der Waals surface area contributed by atoms with Gasteiger partial charge >= 0.3 is 5.97 Å². The van der Waals surface area contributed by atoms with Gasteiger partial charge in [0.15, 0.2) is 0 Å². The molecule has 0 unspecified atom stereocenters. The number of ether oxygens (including phenoxy) is 1. The van der Waals surface area contributed by atoms with E-state index in [1.165, 1.54) is 52.3 Å². The summed E-state index contributed by atoms with van der Waals surface area (Å²) in [6.07, 6.45) is 13.9. The SMILES string of the molecule is COC(=O)c1ccncc1Cc1cn([C@@H]2CCCN(C3CCC3)CC2)nc1C. The number of nitrogens with zero attached hydrogens (tertiary/aromatic N) is 4. The van der Waals surface area contributed by atoms with Crippen molar-refractivity contribution in [2.45, 2.75) is 64.0 Å². The summed E-state index contributed by atoms with van der Waals surface area (Å²) in [7, 11) is 1.41. The molecule has 28 heavy (non-hydrogen) atoms. The second kappa shape index (κ2) is 8.43. The lowest BCUT2D eigenvalue weighted by molar-refractivity contribution is 0.0599. The highest BCUT2D eigenvalue weighted by Gasteiger charge is 2.28. The van der Waals surface area contributed by atoms with Crippen LogP contribution in [-0.4, -0.2) is 51.9 Å². The monoisotopic (exact) mass is 382 g/mol. The summed E-state index contributed by atoms with van der Waals surface area (Å²) in [5.41, 5.74) is 3.64. The molecule has 6 nitrogen and oxygen atoms in total. The third-order valence-electron chi connectivity index (χ3n) is 6.41. The molecule has 0 bridgehead atoms. The van der Waals surface area contributed by atoms with Crippen molar-refractivity contribution in [3.05, 3.63) is 47.0 Å². The quantitative estimate of drug-likeness (QED) is 0.740. The van der Waals surface area contributed by atoms with E-state index in [1.54, 1.807) is 18.5 Å². The van der Waals surface area contributed by atoms with Crippen molar-refractivity contribution >= 4 is 5.97 Å². The Morgan fingerprint density at radius 2 is 1.96 bits per heavy atom. The minimum absolute atomic E-state index is 0.317. The summed E-state index contributed by atoms with van der Waals surface area (Å²) in [6, 6.07) is 3.02. The third kappa shape index (κ3) is 3.97. The number of esters is 1. The van der Waals surface area contributed by atoms with E-state index in [1.807, 2.05) is 0 Å². The van der Waals surface area contributed by atoms with Crippen LogP contribution in [0.5, 0.6) is 0 Å². The van der Waals surface area contributed by atoms with Crippen molar-refractivity contribution in [3.63, 3.8) is 0 Å². The van der Waals surface area contributed by atoms with Crippen LogP contribution in [0.15, 0.2) is 24.7 Å². The molecule has 2 aliphatic rings. The molecule has 1 saturated heterocycles. The van der Waals surface area contributed by atoms with Crippen molar-refractivity contribution in [3.8, 4) is 0 Å². The van der Waals surface area contributed by atoms with Crippen LogP contribution in [-0.2, 0) is 11.2 Å². The Bertz CT molecular complexity index is 828. The minimum atomic E-state index is -0.317. The van der Waals surface area contributed by atoms with Crippen LogP contribution in [0.3, 0.4) is 0 Å². The molecule has 1 saturated carbocycles. The van der Waals surface area contributed by atoms with Gasteiger partial charge in [-0.05, 0) is 62.8 Å². The van der Waals surface area contributed by atoms with E-state index in [0.717, 1.165) is 29.3 Å². The van der Waals surface area contributed by atoms with Gasteiger partial charge in [-0.1, -0.05) is 6.42 Å². The summed E-state index contributed by atoms with van der Waals surface area (Å²) >= 11 is 0. The van der Waals surface area contributed by atoms with Crippen molar-refractivity contribution in [2.24, 2.45) is 0 Å². The van der Waals surface area contributed by atoms with Crippen molar-refractivity contribution in [1.82, 2.24) is 19.7 Å². The Balaban J connectivity index is 1.47. The molecule has 3 heterocycles. The largest absolute Gasteiger partial charge is 0.465 e. The van der Waals surface area contributed by atoms with Gasteiger partial charge in [-0.15, -0.1) is 0 Å². The Hall–Kier alpha value is -2.21. The van der Waals surface area contributed by atoms with Crippen LogP contribution in [0.2, 0.25) is 0 Å². The number of hydrogen-bond acceptors (Lipinski definition) is 5. The molecule has 1 atom stereocenters. The zero-order valence-electron chi connectivity index (χ0n) is 16.9. The van der Waals surface area contributed by atoms with E-state index in [4.69, 9.17) is 9.84 Å². The van der Waals surface area contributed by atoms with Gasteiger partial charge in [-0.3, -0.25) is 9.67 Å². The molecule has 1 aliphatic carbocycles. The molecule has 0 aromatic carbocycles. The van der Waals surface area contributed by atoms with Gasteiger partial charge in [-0.25, -0.2) is 4.79 Å². The number of rotatable bonds is 5. The van der Waals surface area contributed by atoms with E-state index < -0.39 is 0 Å². The van der Waals surface area contributed by atoms with Gasteiger partial charge in [0.05, 0.1) is 24.4 Å². The average Bonchev–Trinajstić information content (AvgIpc) is 2.87. The number of aromatic nitrogens is 3. The van der Waals surface area contributed by atoms with E-state index in [0.29, 0.717) is 18.0 Å². The van der Waals surface area contributed by atoms with Gasteiger partial charge in [0.1, 0.15) is 0 Å². The molecule has 0 spiro atoms. The van der Waals surface area contributed by atoms with Crippen LogP contribution >= 0.6 is 0 Å². The number of likely N-dealkylation sites (tertiary alicyclic amines) is 1. The zero-order valence-corrected chi connectivity index (χ0v) is 16.9. The first-order chi connectivity index (χ1) is 13.7. The molecule has 4 rings (SSSR count). The van der Waals surface area contributed by atoms with E-state index in [9.17, 15) is 4.79 Å². The van der Waals surface area contributed by atoms with E-state index in [-0.39, 0.29) is 5.97 Å². The van der Waals surface area contributed by atoms with Gasteiger partial charge in [0, 0.05) is 37.6 Å². The fourth-order valence-corrected chi connectivity index (χ4v) is 4.44. The van der Waals surface area contributed by atoms with Gasteiger partial charge < -0.3 is 9.64 Å². The Labute approximate surface area is 166 Å². The first-order valence-corrected chi connectivity index (χ1v) is 10.5. The van der Waals surface area contributed by atoms with Crippen molar-refractivity contribution in [1.29, 1.82) is 0 Å². The molecule has 2 fully saturated rings. The molecular weight excluding hydrogens is 352 g/mol. The highest BCUT2D eigenvalue weighted by molar-refractivity contribution is 5.90. The number of pyridine rings is 1. The van der Waals surface area contributed by atoms with Crippen LogP contribution in [0.25, 0.3) is 0 Å². The maximum Gasteiger partial charge on any atom is 0.338 e. The minimum Gasteiger partial charge on any atom is -0.465 e. The number of aryl methyl sites for hydroxylation is 1. The van der Waals surface area contributed by atoms with Crippen LogP contribution in [0.4, 0.5) is 0 Å². The standard InChI is InChI=1S/C22H30N4O2/c1-16-18(13-17-14-23-10-8-21(17)22(27)28-2)15-26(24-16)20-7-4-11-25(12-9-20)19-5-3-6-19/h8,10,14-15,19-20H,3-7,9,11-13H2,1-2H3/t20-/m1/s1. The van der Waals surface area contributed by atoms with Crippen LogP contribution < -0.4 is 0 Å². The smallest absolute Gasteiger partial charge is 0.338 e. The summed E-state index contributed by atoms with van der Waals surface area (Å²) in [5.74, 6) is -0.317. The molecule has 0 amide bonds. The predicted molar refractivity (Wildman–Crippen MR) is 107 cm³/mol. The topological polar surface area (TPSA) is 60.2 Å². The maximum atomic E-state index is 12.0. The number of hydrogen-bond donors (Lipinski definition) is 0. The zero-order chi connectivity index (χ0) is 19.5. The van der Waals surface area contributed by atoms with Crippen molar-refractivity contribution < 1.29 is 9.53 Å².